The SMILES string of the molecule is C=C1CC([N+](=O)[O-])CCC1C. The predicted molar refractivity (Wildman–Crippen MR) is 42.9 cm³/mol. The number of nitro groups is 1. The topological polar surface area (TPSA) is 43.1 Å². The van der Waals surface area contributed by atoms with E-state index in [4.69, 9.17) is 0 Å². The Morgan fingerprint density at radius 3 is 2.73 bits per heavy atom. The molecule has 1 saturated carbocycles. The monoisotopic (exact) mass is 155 g/mol. The fraction of sp³-hybridized carbons (Fsp3) is 0.750. The molecular formula is C8H13NO2. The fourth-order valence-corrected chi connectivity index (χ4v) is 1.43. The molecule has 0 aromatic carbocycles. The van der Waals surface area contributed by atoms with Crippen molar-refractivity contribution < 1.29 is 4.92 Å². The Balaban J connectivity index is 2.53. The van der Waals surface area contributed by atoms with E-state index in [0.29, 0.717) is 18.8 Å². The van der Waals surface area contributed by atoms with E-state index in [1.807, 2.05) is 0 Å². The maximum atomic E-state index is 10.4. The highest BCUT2D eigenvalue weighted by molar-refractivity contribution is 5.04. The lowest BCUT2D eigenvalue weighted by atomic mass is 9.84. The highest BCUT2D eigenvalue weighted by Gasteiger charge is 2.28. The third-order valence-corrected chi connectivity index (χ3v) is 2.43. The van der Waals surface area contributed by atoms with Gasteiger partial charge in [0.15, 0.2) is 0 Å². The molecular weight excluding hydrogens is 142 g/mol. The Kier molecular flexibility index (Phi) is 2.27. The lowest BCUT2D eigenvalue weighted by molar-refractivity contribution is -0.524. The van der Waals surface area contributed by atoms with Crippen molar-refractivity contribution in [1.82, 2.24) is 0 Å². The summed E-state index contributed by atoms with van der Waals surface area (Å²) in [7, 11) is 0. The van der Waals surface area contributed by atoms with Gasteiger partial charge in [-0.3, -0.25) is 10.1 Å². The third-order valence-electron chi connectivity index (χ3n) is 2.43. The van der Waals surface area contributed by atoms with E-state index >= 15 is 0 Å². The molecule has 0 heterocycles. The maximum Gasteiger partial charge on any atom is 0.216 e. The van der Waals surface area contributed by atoms with Crippen LogP contribution in [0.15, 0.2) is 12.2 Å². The number of rotatable bonds is 1. The molecule has 3 nitrogen and oxygen atoms in total. The molecule has 0 radical (unpaired) electrons. The molecule has 0 N–H and O–H groups in total. The van der Waals surface area contributed by atoms with Crippen LogP contribution < -0.4 is 0 Å². The zero-order valence-electron chi connectivity index (χ0n) is 6.75. The molecule has 0 amide bonds. The maximum absolute atomic E-state index is 10.4. The normalized spacial score (nSPS) is 31.9. The average Bonchev–Trinajstić information content (AvgIpc) is 1.94. The first-order valence-corrected chi connectivity index (χ1v) is 3.92. The van der Waals surface area contributed by atoms with E-state index < -0.39 is 0 Å². The van der Waals surface area contributed by atoms with Gasteiger partial charge in [-0.15, -0.1) is 0 Å². The Bertz CT molecular complexity index is 189. The molecule has 1 rings (SSSR count). The minimum Gasteiger partial charge on any atom is -0.264 e. The Morgan fingerprint density at radius 2 is 2.27 bits per heavy atom. The summed E-state index contributed by atoms with van der Waals surface area (Å²) in [6, 6.07) is -0.362. The lowest BCUT2D eigenvalue weighted by Gasteiger charge is -2.22. The van der Waals surface area contributed by atoms with Gasteiger partial charge in [-0.25, -0.2) is 0 Å². The summed E-state index contributed by atoms with van der Waals surface area (Å²) >= 11 is 0. The zero-order valence-corrected chi connectivity index (χ0v) is 6.75. The predicted octanol–water partition coefficient (Wildman–Crippen LogP) is 2.01. The van der Waals surface area contributed by atoms with Gasteiger partial charge in [0.2, 0.25) is 6.04 Å². The molecule has 3 heteroatoms. The van der Waals surface area contributed by atoms with Crippen LogP contribution in [0.1, 0.15) is 26.2 Å². The average molecular weight is 155 g/mol. The van der Waals surface area contributed by atoms with Gasteiger partial charge in [0.25, 0.3) is 0 Å². The second-order valence-electron chi connectivity index (χ2n) is 3.28. The van der Waals surface area contributed by atoms with E-state index in [9.17, 15) is 10.1 Å². The fourth-order valence-electron chi connectivity index (χ4n) is 1.43. The Morgan fingerprint density at radius 1 is 1.64 bits per heavy atom. The van der Waals surface area contributed by atoms with Crippen LogP contribution in [0.2, 0.25) is 0 Å². The summed E-state index contributed by atoms with van der Waals surface area (Å²) in [6.07, 6.45) is 2.21. The standard InChI is InChI=1S/C8H13NO2/c1-6-3-4-8(9(10)11)5-7(6)2/h6,8H,2-5H2,1H3. The largest absolute Gasteiger partial charge is 0.264 e. The Labute approximate surface area is 66.3 Å². The van der Waals surface area contributed by atoms with Crippen LogP contribution in [-0.4, -0.2) is 11.0 Å². The van der Waals surface area contributed by atoms with Crippen molar-refractivity contribution in [1.29, 1.82) is 0 Å². The molecule has 0 aliphatic heterocycles. The summed E-state index contributed by atoms with van der Waals surface area (Å²) in [4.78, 5) is 10.2. The van der Waals surface area contributed by atoms with E-state index in [-0.39, 0.29) is 11.0 Å². The van der Waals surface area contributed by atoms with E-state index in [1.54, 1.807) is 0 Å². The van der Waals surface area contributed by atoms with Crippen LogP contribution in [0.5, 0.6) is 0 Å². The van der Waals surface area contributed by atoms with Gasteiger partial charge in [-0.2, -0.15) is 0 Å². The zero-order chi connectivity index (χ0) is 8.43. The molecule has 0 aromatic heterocycles. The molecule has 62 valence electrons. The van der Waals surface area contributed by atoms with Crippen molar-refractivity contribution in [2.24, 2.45) is 5.92 Å². The smallest absolute Gasteiger partial charge is 0.216 e. The number of hydrogen-bond donors (Lipinski definition) is 0. The van der Waals surface area contributed by atoms with Crippen LogP contribution in [-0.2, 0) is 0 Å². The highest BCUT2D eigenvalue weighted by Crippen LogP contribution is 2.28. The van der Waals surface area contributed by atoms with Gasteiger partial charge in [-0.1, -0.05) is 19.1 Å². The summed E-state index contributed by atoms with van der Waals surface area (Å²) in [5, 5.41) is 10.4. The van der Waals surface area contributed by atoms with Gasteiger partial charge in [0, 0.05) is 17.8 Å². The first kappa shape index (κ1) is 8.24. The van der Waals surface area contributed by atoms with E-state index in [2.05, 4.69) is 13.5 Å². The van der Waals surface area contributed by atoms with Gasteiger partial charge in [0.05, 0.1) is 0 Å². The Hall–Kier alpha value is -0.860. The van der Waals surface area contributed by atoms with Crippen molar-refractivity contribution in [3.8, 4) is 0 Å². The molecule has 0 aromatic rings. The summed E-state index contributed by atoms with van der Waals surface area (Å²) in [5.41, 5.74) is 1.04. The number of nitrogens with zero attached hydrogens (tertiary/aromatic N) is 1. The van der Waals surface area contributed by atoms with Gasteiger partial charge >= 0.3 is 0 Å². The lowest BCUT2D eigenvalue weighted by Crippen LogP contribution is -2.26. The van der Waals surface area contributed by atoms with Crippen LogP contribution in [0.4, 0.5) is 0 Å². The van der Waals surface area contributed by atoms with Crippen molar-refractivity contribution in [3.05, 3.63) is 22.3 Å². The quantitative estimate of drug-likeness (QED) is 0.330. The van der Waals surface area contributed by atoms with Gasteiger partial charge in [0.1, 0.15) is 0 Å². The minimum atomic E-state index is -0.362. The van der Waals surface area contributed by atoms with Gasteiger partial charge in [-0.05, 0) is 12.3 Å². The van der Waals surface area contributed by atoms with Crippen LogP contribution in [0.25, 0.3) is 0 Å². The molecule has 1 aliphatic carbocycles. The first-order chi connectivity index (χ1) is 5.11. The third kappa shape index (κ3) is 1.79. The molecule has 0 saturated heterocycles. The summed E-state index contributed by atoms with van der Waals surface area (Å²) < 4.78 is 0. The van der Waals surface area contributed by atoms with Crippen molar-refractivity contribution in [2.75, 3.05) is 0 Å². The van der Waals surface area contributed by atoms with Crippen LogP contribution in [0.3, 0.4) is 0 Å². The molecule has 2 unspecified atom stereocenters. The van der Waals surface area contributed by atoms with Crippen LogP contribution >= 0.6 is 0 Å². The van der Waals surface area contributed by atoms with E-state index in [0.717, 1.165) is 12.0 Å². The highest BCUT2D eigenvalue weighted by atomic mass is 16.6. The van der Waals surface area contributed by atoms with Crippen LogP contribution in [0, 0.1) is 16.0 Å². The molecule has 0 spiro atoms. The molecule has 11 heavy (non-hydrogen) atoms. The molecule has 2 atom stereocenters. The molecule has 0 bridgehead atoms. The van der Waals surface area contributed by atoms with Crippen molar-refractivity contribution in [2.45, 2.75) is 32.2 Å². The van der Waals surface area contributed by atoms with E-state index in [1.165, 1.54) is 0 Å². The first-order valence-electron chi connectivity index (χ1n) is 3.92. The summed E-state index contributed by atoms with van der Waals surface area (Å²) in [5.74, 6) is 0.478. The van der Waals surface area contributed by atoms with Gasteiger partial charge < -0.3 is 0 Å². The summed E-state index contributed by atoms with van der Waals surface area (Å²) in [6.45, 7) is 5.91. The van der Waals surface area contributed by atoms with Crippen molar-refractivity contribution >= 4 is 0 Å². The minimum absolute atomic E-state index is 0.183. The second-order valence-corrected chi connectivity index (χ2v) is 3.28. The number of hydrogen-bond acceptors (Lipinski definition) is 2. The molecule has 1 aliphatic rings. The van der Waals surface area contributed by atoms with Crippen molar-refractivity contribution in [3.63, 3.8) is 0 Å². The molecule has 1 fully saturated rings. The second kappa shape index (κ2) is 3.03.